The van der Waals surface area contributed by atoms with E-state index in [2.05, 4.69) is 10.3 Å². The molecule has 0 bridgehead atoms. The minimum Gasteiger partial charge on any atom is -0.448 e. The molecule has 2 aliphatic heterocycles. The maximum atomic E-state index is 13.7. The SMILES string of the molecule is CSCC1=C(C(=O)OC(c2ccccc2)c2ccccc2)N2C(=O)C(NC(=O)Cc3csc(N)n3)C2SC1. The van der Waals surface area contributed by atoms with E-state index < -0.39 is 18.1 Å². The highest BCUT2D eigenvalue weighted by atomic mass is 32.2. The molecule has 0 radical (unpaired) electrons. The molecular formula is C27H26N4O4S3. The molecule has 2 aromatic carbocycles. The van der Waals surface area contributed by atoms with Crippen molar-refractivity contribution in [2.75, 3.05) is 23.5 Å². The van der Waals surface area contributed by atoms with Gasteiger partial charge in [-0.3, -0.25) is 14.5 Å². The molecule has 0 saturated carbocycles. The lowest BCUT2D eigenvalue weighted by Crippen LogP contribution is -2.70. The molecule has 2 unspecified atom stereocenters. The third kappa shape index (κ3) is 5.45. The Morgan fingerprint density at radius 2 is 1.82 bits per heavy atom. The summed E-state index contributed by atoms with van der Waals surface area (Å²) in [5.41, 5.74) is 9.01. The number of fused-ring (bicyclic) bond motifs is 1. The van der Waals surface area contributed by atoms with E-state index in [1.54, 1.807) is 17.1 Å². The average Bonchev–Trinajstić information content (AvgIpc) is 3.35. The first-order chi connectivity index (χ1) is 18.5. The van der Waals surface area contributed by atoms with Crippen LogP contribution >= 0.6 is 34.9 Å². The summed E-state index contributed by atoms with van der Waals surface area (Å²) in [6.45, 7) is 0. The van der Waals surface area contributed by atoms with E-state index in [1.165, 1.54) is 28.0 Å². The average molecular weight is 567 g/mol. The summed E-state index contributed by atoms with van der Waals surface area (Å²) >= 11 is 4.38. The number of benzene rings is 2. The number of carbonyl (C=O) groups excluding carboxylic acids is 3. The molecule has 196 valence electrons. The number of thiazole rings is 1. The highest BCUT2D eigenvalue weighted by Crippen LogP contribution is 2.42. The number of esters is 1. The molecule has 5 rings (SSSR count). The Bertz CT molecular complexity index is 1320. The van der Waals surface area contributed by atoms with E-state index in [4.69, 9.17) is 10.5 Å². The summed E-state index contributed by atoms with van der Waals surface area (Å²) in [4.78, 5) is 45.3. The molecule has 8 nitrogen and oxygen atoms in total. The number of carbonyl (C=O) groups is 3. The van der Waals surface area contributed by atoms with E-state index in [9.17, 15) is 14.4 Å². The van der Waals surface area contributed by atoms with Crippen LogP contribution in [-0.4, -0.2) is 56.8 Å². The van der Waals surface area contributed by atoms with Crippen LogP contribution in [0.15, 0.2) is 77.3 Å². The summed E-state index contributed by atoms with van der Waals surface area (Å²) in [5, 5.41) is 4.54. The first kappa shape index (κ1) is 26.3. The molecule has 11 heteroatoms. The number of hydrogen-bond acceptors (Lipinski definition) is 9. The van der Waals surface area contributed by atoms with Crippen LogP contribution in [0.3, 0.4) is 0 Å². The van der Waals surface area contributed by atoms with Gasteiger partial charge in [0.25, 0.3) is 5.91 Å². The monoisotopic (exact) mass is 566 g/mol. The highest BCUT2D eigenvalue weighted by Gasteiger charge is 2.54. The Morgan fingerprint density at radius 1 is 1.16 bits per heavy atom. The predicted octanol–water partition coefficient (Wildman–Crippen LogP) is 3.62. The predicted molar refractivity (Wildman–Crippen MR) is 151 cm³/mol. The third-order valence-corrected chi connectivity index (χ3v) is 8.92. The number of rotatable bonds is 9. The second-order valence-electron chi connectivity index (χ2n) is 8.80. The maximum absolute atomic E-state index is 13.7. The lowest BCUT2D eigenvalue weighted by molar-refractivity contribution is -0.154. The smallest absolute Gasteiger partial charge is 0.356 e. The molecule has 2 aliphatic rings. The number of amides is 2. The number of ether oxygens (including phenoxy) is 1. The maximum Gasteiger partial charge on any atom is 0.356 e. The molecule has 38 heavy (non-hydrogen) atoms. The van der Waals surface area contributed by atoms with Crippen molar-refractivity contribution in [3.05, 3.63) is 94.1 Å². The molecule has 1 saturated heterocycles. The van der Waals surface area contributed by atoms with Crippen LogP contribution in [0.4, 0.5) is 5.13 Å². The zero-order chi connectivity index (χ0) is 26.6. The molecule has 0 spiro atoms. The van der Waals surface area contributed by atoms with Crippen LogP contribution in [-0.2, 0) is 25.5 Å². The second kappa shape index (κ2) is 11.6. The number of nitrogens with one attached hydrogen (secondary N) is 1. The molecule has 3 N–H and O–H groups in total. The largest absolute Gasteiger partial charge is 0.448 e. The number of nitrogens with two attached hydrogens (primary N) is 1. The Balaban J connectivity index is 1.36. The Hall–Kier alpha value is -3.28. The fraction of sp³-hybridized carbons (Fsp3) is 0.259. The minimum atomic E-state index is -0.721. The van der Waals surface area contributed by atoms with Crippen LogP contribution in [0.5, 0.6) is 0 Å². The van der Waals surface area contributed by atoms with Crippen LogP contribution < -0.4 is 11.1 Å². The number of thioether (sulfide) groups is 2. The van der Waals surface area contributed by atoms with Gasteiger partial charge < -0.3 is 15.8 Å². The standard InChI is InChI=1S/C27H26N4O4S3/c1-36-13-18-14-37-25-21(30-20(32)12-19-15-38-27(28)29-19)24(33)31(25)22(18)26(34)35-23(16-8-4-2-5-9-16)17-10-6-3-7-11-17/h2-11,15,21,23,25H,12-14H2,1H3,(H2,28,29)(H,30,32). The zero-order valence-corrected chi connectivity index (χ0v) is 23.0. The normalized spacial score (nSPS) is 18.7. The van der Waals surface area contributed by atoms with Gasteiger partial charge in [0.05, 0.1) is 12.1 Å². The van der Waals surface area contributed by atoms with E-state index in [0.29, 0.717) is 22.3 Å². The van der Waals surface area contributed by atoms with Crippen molar-refractivity contribution in [3.8, 4) is 0 Å². The van der Waals surface area contributed by atoms with Crippen molar-refractivity contribution in [1.29, 1.82) is 0 Å². The van der Waals surface area contributed by atoms with Crippen LogP contribution in [0.25, 0.3) is 0 Å². The zero-order valence-electron chi connectivity index (χ0n) is 20.5. The summed E-state index contributed by atoms with van der Waals surface area (Å²) < 4.78 is 6.12. The lowest BCUT2D eigenvalue weighted by atomic mass is 10.0. The van der Waals surface area contributed by atoms with Gasteiger partial charge >= 0.3 is 5.97 Å². The number of aromatic nitrogens is 1. The first-order valence-electron chi connectivity index (χ1n) is 11.9. The van der Waals surface area contributed by atoms with Crippen molar-refractivity contribution in [3.63, 3.8) is 0 Å². The fourth-order valence-corrected chi connectivity index (χ4v) is 7.12. The number of hydrogen-bond donors (Lipinski definition) is 2. The van der Waals surface area contributed by atoms with Gasteiger partial charge in [0.15, 0.2) is 11.2 Å². The van der Waals surface area contributed by atoms with Crippen molar-refractivity contribution < 1.29 is 19.1 Å². The van der Waals surface area contributed by atoms with Gasteiger partial charge in [-0.15, -0.1) is 23.1 Å². The number of nitrogens with zero attached hydrogens (tertiary/aromatic N) is 2. The molecule has 2 amide bonds. The highest BCUT2D eigenvalue weighted by molar-refractivity contribution is 8.00. The molecule has 0 aliphatic carbocycles. The second-order valence-corrected chi connectivity index (χ2v) is 11.7. The number of nitrogen functional groups attached to an aromatic ring is 1. The van der Waals surface area contributed by atoms with Crippen LogP contribution in [0.2, 0.25) is 0 Å². The molecule has 3 aromatic rings. The van der Waals surface area contributed by atoms with Crippen LogP contribution in [0, 0.1) is 0 Å². The minimum absolute atomic E-state index is 0.0349. The van der Waals surface area contributed by atoms with E-state index >= 15 is 0 Å². The summed E-state index contributed by atoms with van der Waals surface area (Å²) in [5.74, 6) is -0.0266. The van der Waals surface area contributed by atoms with E-state index in [0.717, 1.165) is 16.7 Å². The molecular weight excluding hydrogens is 541 g/mol. The van der Waals surface area contributed by atoms with E-state index in [1.807, 2.05) is 66.9 Å². The number of β-lactam (4-membered cyclic amide) rings is 1. The number of anilines is 1. The topological polar surface area (TPSA) is 115 Å². The lowest BCUT2D eigenvalue weighted by Gasteiger charge is -2.49. The van der Waals surface area contributed by atoms with Gasteiger partial charge in [0.1, 0.15) is 17.1 Å². The van der Waals surface area contributed by atoms with E-state index in [-0.39, 0.29) is 29.3 Å². The molecule has 1 fully saturated rings. The molecule has 1 aromatic heterocycles. The van der Waals surface area contributed by atoms with Crippen molar-refractivity contribution in [2.45, 2.75) is 23.9 Å². The third-order valence-electron chi connectivity index (χ3n) is 6.22. The Labute approximate surface area is 233 Å². The summed E-state index contributed by atoms with van der Waals surface area (Å²) in [7, 11) is 0. The van der Waals surface area contributed by atoms with Gasteiger partial charge in [-0.1, -0.05) is 60.7 Å². The van der Waals surface area contributed by atoms with Gasteiger partial charge in [-0.25, -0.2) is 9.78 Å². The molecule has 3 heterocycles. The fourth-order valence-electron chi connectivity index (χ4n) is 4.50. The first-order valence-corrected chi connectivity index (χ1v) is 15.2. The quantitative estimate of drug-likeness (QED) is 0.298. The van der Waals surface area contributed by atoms with Gasteiger partial charge in [0.2, 0.25) is 5.91 Å². The van der Waals surface area contributed by atoms with Gasteiger partial charge in [-0.2, -0.15) is 11.8 Å². The van der Waals surface area contributed by atoms with Gasteiger partial charge in [0, 0.05) is 16.9 Å². The van der Waals surface area contributed by atoms with Crippen molar-refractivity contribution in [2.24, 2.45) is 0 Å². The van der Waals surface area contributed by atoms with Crippen LogP contribution in [0.1, 0.15) is 22.9 Å². The van der Waals surface area contributed by atoms with Gasteiger partial charge in [-0.05, 0) is 23.0 Å². The van der Waals surface area contributed by atoms with Crippen molar-refractivity contribution in [1.82, 2.24) is 15.2 Å². The summed E-state index contributed by atoms with van der Waals surface area (Å²) in [6, 6.07) is 18.4. The van der Waals surface area contributed by atoms with Crippen molar-refractivity contribution >= 4 is 57.8 Å². The molecule has 2 atom stereocenters. The summed E-state index contributed by atoms with van der Waals surface area (Å²) in [6.07, 6.45) is 1.36. The Kier molecular flexibility index (Phi) is 8.06. The Morgan fingerprint density at radius 3 is 2.39 bits per heavy atom.